The number of allylic oxidation sites excluding steroid dienone is 1. The van der Waals surface area contributed by atoms with Gasteiger partial charge >= 0.3 is 5.97 Å². The molecule has 0 saturated heterocycles. The first-order valence-electron chi connectivity index (χ1n) is 6.04. The van der Waals surface area contributed by atoms with E-state index >= 15 is 0 Å². The third kappa shape index (κ3) is 3.37. The summed E-state index contributed by atoms with van der Waals surface area (Å²) in [5, 5.41) is 0. The number of carbonyl (C=O) groups is 1. The molecule has 0 aromatic carbocycles. The van der Waals surface area contributed by atoms with Gasteiger partial charge in [0.1, 0.15) is 0 Å². The third-order valence-electron chi connectivity index (χ3n) is 3.40. The topological polar surface area (TPSA) is 26.3 Å². The summed E-state index contributed by atoms with van der Waals surface area (Å²) in [5.41, 5.74) is 2.17. The minimum absolute atomic E-state index is 0.123. The van der Waals surface area contributed by atoms with Gasteiger partial charge in [-0.1, -0.05) is 18.9 Å². The predicted molar refractivity (Wildman–Crippen MR) is 61.6 cm³/mol. The van der Waals surface area contributed by atoms with E-state index in [0.29, 0.717) is 6.61 Å². The zero-order chi connectivity index (χ0) is 11.3. The predicted octanol–water partition coefficient (Wildman–Crippen LogP) is 3.47. The molecule has 1 fully saturated rings. The Labute approximate surface area is 92.7 Å². The maximum absolute atomic E-state index is 11.5. The zero-order valence-corrected chi connectivity index (χ0v) is 10.1. The van der Waals surface area contributed by atoms with Gasteiger partial charge in [0.15, 0.2) is 0 Å². The van der Waals surface area contributed by atoms with Crippen molar-refractivity contribution in [2.24, 2.45) is 5.92 Å². The molecule has 0 N–H and O–H groups in total. The Hall–Kier alpha value is -0.790. The zero-order valence-electron chi connectivity index (χ0n) is 10.1. The molecule has 1 aliphatic rings. The van der Waals surface area contributed by atoms with Crippen LogP contribution in [0.15, 0.2) is 11.1 Å². The monoisotopic (exact) mass is 210 g/mol. The molecule has 86 valence electrons. The van der Waals surface area contributed by atoms with Gasteiger partial charge in [0.2, 0.25) is 0 Å². The first-order valence-corrected chi connectivity index (χ1v) is 6.04. The standard InChI is InChI=1S/C13H22O2/c1-4-11-6-8-12(9-7-11)10(3)13(14)15-5-2/h11H,4-9H2,1-3H3. The lowest BCUT2D eigenvalue weighted by Gasteiger charge is -2.23. The molecule has 0 spiro atoms. The van der Waals surface area contributed by atoms with Gasteiger partial charge in [-0.05, 0) is 45.4 Å². The molecule has 0 amide bonds. The van der Waals surface area contributed by atoms with Crippen LogP contribution < -0.4 is 0 Å². The third-order valence-corrected chi connectivity index (χ3v) is 3.40. The molecule has 2 heteroatoms. The average Bonchev–Trinajstić information content (AvgIpc) is 2.28. The van der Waals surface area contributed by atoms with Crippen LogP contribution in [0.25, 0.3) is 0 Å². The molecule has 0 heterocycles. The molecule has 0 aliphatic heterocycles. The molecule has 15 heavy (non-hydrogen) atoms. The summed E-state index contributed by atoms with van der Waals surface area (Å²) in [4.78, 5) is 11.5. The van der Waals surface area contributed by atoms with Crippen LogP contribution >= 0.6 is 0 Å². The maximum atomic E-state index is 11.5. The van der Waals surface area contributed by atoms with Crippen LogP contribution in [0, 0.1) is 5.92 Å². The van der Waals surface area contributed by atoms with Crippen molar-refractivity contribution in [2.45, 2.75) is 52.9 Å². The number of rotatable bonds is 3. The fourth-order valence-corrected chi connectivity index (χ4v) is 2.19. The largest absolute Gasteiger partial charge is 0.463 e. The number of carbonyl (C=O) groups excluding carboxylic acids is 1. The Morgan fingerprint density at radius 2 is 1.93 bits per heavy atom. The van der Waals surface area contributed by atoms with Crippen molar-refractivity contribution in [3.05, 3.63) is 11.1 Å². The van der Waals surface area contributed by atoms with Gasteiger partial charge in [-0.2, -0.15) is 0 Å². The van der Waals surface area contributed by atoms with E-state index in [1.54, 1.807) is 0 Å². The highest BCUT2D eigenvalue weighted by Gasteiger charge is 2.19. The van der Waals surface area contributed by atoms with Crippen LogP contribution in [0.1, 0.15) is 52.9 Å². The van der Waals surface area contributed by atoms with Gasteiger partial charge < -0.3 is 4.74 Å². The molecule has 0 radical (unpaired) electrons. The molecular formula is C13H22O2. The first kappa shape index (κ1) is 12.3. The Morgan fingerprint density at radius 1 is 1.33 bits per heavy atom. The lowest BCUT2D eigenvalue weighted by Crippen LogP contribution is -2.13. The van der Waals surface area contributed by atoms with E-state index in [9.17, 15) is 4.79 Å². The molecule has 1 rings (SSSR count). The van der Waals surface area contributed by atoms with Gasteiger partial charge in [-0.3, -0.25) is 0 Å². The fraction of sp³-hybridized carbons (Fsp3) is 0.769. The van der Waals surface area contributed by atoms with Crippen LogP contribution in [-0.4, -0.2) is 12.6 Å². The van der Waals surface area contributed by atoms with E-state index in [-0.39, 0.29) is 5.97 Å². The van der Waals surface area contributed by atoms with Crippen LogP contribution in [-0.2, 0) is 9.53 Å². The van der Waals surface area contributed by atoms with Gasteiger partial charge in [-0.25, -0.2) is 4.79 Å². The van der Waals surface area contributed by atoms with Crippen molar-refractivity contribution in [3.8, 4) is 0 Å². The summed E-state index contributed by atoms with van der Waals surface area (Å²) < 4.78 is 5.01. The molecule has 0 aromatic rings. The highest BCUT2D eigenvalue weighted by molar-refractivity contribution is 5.88. The molecule has 0 atom stereocenters. The minimum Gasteiger partial charge on any atom is -0.463 e. The highest BCUT2D eigenvalue weighted by Crippen LogP contribution is 2.31. The quantitative estimate of drug-likeness (QED) is 0.526. The summed E-state index contributed by atoms with van der Waals surface area (Å²) in [6.45, 7) is 6.47. The van der Waals surface area contributed by atoms with Crippen molar-refractivity contribution in [1.82, 2.24) is 0 Å². The normalized spacial score (nSPS) is 21.3. The van der Waals surface area contributed by atoms with Gasteiger partial charge in [-0.15, -0.1) is 0 Å². The van der Waals surface area contributed by atoms with Crippen LogP contribution in [0.2, 0.25) is 0 Å². The summed E-state index contributed by atoms with van der Waals surface area (Å²) in [7, 11) is 0. The van der Waals surface area contributed by atoms with Crippen molar-refractivity contribution in [3.63, 3.8) is 0 Å². The summed E-state index contributed by atoms with van der Waals surface area (Å²) in [6.07, 6.45) is 5.92. The Bertz CT molecular complexity index is 243. The maximum Gasteiger partial charge on any atom is 0.333 e. The number of hydrogen-bond donors (Lipinski definition) is 0. The summed E-state index contributed by atoms with van der Waals surface area (Å²) in [6, 6.07) is 0. The number of esters is 1. The molecule has 0 aromatic heterocycles. The molecule has 2 nitrogen and oxygen atoms in total. The Balaban J connectivity index is 2.56. The lowest BCUT2D eigenvalue weighted by molar-refractivity contribution is -0.138. The van der Waals surface area contributed by atoms with Crippen LogP contribution in [0.3, 0.4) is 0 Å². The second kappa shape index (κ2) is 5.94. The fourth-order valence-electron chi connectivity index (χ4n) is 2.19. The van der Waals surface area contributed by atoms with Gasteiger partial charge in [0, 0.05) is 5.57 Å². The molecule has 1 aliphatic carbocycles. The second-order valence-corrected chi connectivity index (χ2v) is 4.30. The smallest absolute Gasteiger partial charge is 0.333 e. The lowest BCUT2D eigenvalue weighted by atomic mass is 9.83. The Morgan fingerprint density at radius 3 is 2.40 bits per heavy atom. The van der Waals surface area contributed by atoms with Crippen molar-refractivity contribution >= 4 is 5.97 Å². The van der Waals surface area contributed by atoms with Crippen LogP contribution in [0.5, 0.6) is 0 Å². The van der Waals surface area contributed by atoms with Crippen molar-refractivity contribution in [2.75, 3.05) is 6.61 Å². The summed E-state index contributed by atoms with van der Waals surface area (Å²) in [5.74, 6) is 0.742. The minimum atomic E-state index is -0.123. The Kier molecular flexibility index (Phi) is 4.86. The van der Waals surface area contributed by atoms with E-state index in [2.05, 4.69) is 6.92 Å². The van der Waals surface area contributed by atoms with Crippen LogP contribution in [0.4, 0.5) is 0 Å². The number of hydrogen-bond acceptors (Lipinski definition) is 2. The average molecular weight is 210 g/mol. The van der Waals surface area contributed by atoms with E-state index in [0.717, 1.165) is 24.3 Å². The molecular weight excluding hydrogens is 188 g/mol. The van der Waals surface area contributed by atoms with Crippen molar-refractivity contribution < 1.29 is 9.53 Å². The van der Waals surface area contributed by atoms with Gasteiger partial charge in [0.25, 0.3) is 0 Å². The SMILES string of the molecule is CCOC(=O)C(C)=C1CCC(CC)CC1. The number of ether oxygens (including phenoxy) is 1. The second-order valence-electron chi connectivity index (χ2n) is 4.30. The van der Waals surface area contributed by atoms with Gasteiger partial charge in [0.05, 0.1) is 6.61 Å². The van der Waals surface area contributed by atoms with E-state index in [4.69, 9.17) is 4.74 Å². The molecule has 0 bridgehead atoms. The van der Waals surface area contributed by atoms with E-state index in [1.807, 2.05) is 13.8 Å². The van der Waals surface area contributed by atoms with Crippen molar-refractivity contribution in [1.29, 1.82) is 0 Å². The molecule has 1 saturated carbocycles. The molecule has 0 unspecified atom stereocenters. The summed E-state index contributed by atoms with van der Waals surface area (Å²) >= 11 is 0. The first-order chi connectivity index (χ1) is 7.19. The van der Waals surface area contributed by atoms with E-state index in [1.165, 1.54) is 24.8 Å². The highest BCUT2D eigenvalue weighted by atomic mass is 16.5. The van der Waals surface area contributed by atoms with E-state index < -0.39 is 0 Å².